The van der Waals surface area contributed by atoms with Crippen LogP contribution in [0.15, 0.2) is 6.07 Å². The van der Waals surface area contributed by atoms with Gasteiger partial charge in [0.2, 0.25) is 5.95 Å². The molecule has 0 bridgehead atoms. The fraction of sp³-hybridized carbons (Fsp3) is 0.615. The second-order valence-electron chi connectivity index (χ2n) is 4.70. The van der Waals surface area contributed by atoms with Crippen LogP contribution in [0.4, 0.5) is 5.95 Å². The minimum atomic E-state index is -1.02. The minimum Gasteiger partial charge on any atom is -0.477 e. The lowest BCUT2D eigenvalue weighted by molar-refractivity contribution is 0.0663. The zero-order chi connectivity index (χ0) is 13.8. The van der Waals surface area contributed by atoms with Gasteiger partial charge in [-0.3, -0.25) is 0 Å². The molecule has 1 aromatic heterocycles. The highest BCUT2D eigenvalue weighted by Crippen LogP contribution is 2.16. The molecule has 1 N–H and O–H groups in total. The normalized spacial score (nSPS) is 20.1. The van der Waals surface area contributed by atoms with Crippen molar-refractivity contribution in [3.8, 4) is 0 Å². The van der Waals surface area contributed by atoms with Crippen molar-refractivity contribution in [1.82, 2.24) is 9.97 Å². The molecule has 1 unspecified atom stereocenters. The Morgan fingerprint density at radius 3 is 3.05 bits per heavy atom. The van der Waals surface area contributed by atoms with Gasteiger partial charge in [-0.15, -0.1) is 0 Å². The number of anilines is 1. The molecule has 0 radical (unpaired) electrons. The first-order chi connectivity index (χ1) is 9.10. The lowest BCUT2D eigenvalue weighted by Crippen LogP contribution is -2.33. The molecule has 19 heavy (non-hydrogen) atoms. The van der Waals surface area contributed by atoms with Crippen LogP contribution < -0.4 is 4.90 Å². The van der Waals surface area contributed by atoms with Crippen LogP contribution in [0.1, 0.15) is 35.9 Å². The number of aromatic carboxylic acids is 1. The first-order valence-electron chi connectivity index (χ1n) is 6.55. The summed E-state index contributed by atoms with van der Waals surface area (Å²) in [6.45, 7) is 6.09. The third kappa shape index (κ3) is 3.41. The average Bonchev–Trinajstić information content (AvgIpc) is 2.63. The van der Waals surface area contributed by atoms with Crippen molar-refractivity contribution < 1.29 is 14.6 Å². The summed E-state index contributed by atoms with van der Waals surface area (Å²) < 4.78 is 5.70. The molecule has 0 saturated carbocycles. The van der Waals surface area contributed by atoms with E-state index in [1.54, 1.807) is 6.92 Å². The molecule has 1 aliphatic rings. The standard InChI is InChI=1S/C13H19N3O3/c1-3-10-8-16(5-4-6-19-10)13-14-9(2)7-11(15-13)12(17)18/h7,10H,3-6,8H2,1-2H3,(H,17,18). The van der Waals surface area contributed by atoms with Crippen LogP contribution in [0.5, 0.6) is 0 Å². The Hall–Kier alpha value is -1.69. The number of carboxylic acid groups (broad SMARTS) is 1. The van der Waals surface area contributed by atoms with Crippen molar-refractivity contribution in [2.75, 3.05) is 24.6 Å². The Labute approximate surface area is 112 Å². The molecule has 6 heteroatoms. The zero-order valence-electron chi connectivity index (χ0n) is 11.3. The van der Waals surface area contributed by atoms with Crippen molar-refractivity contribution in [2.45, 2.75) is 32.8 Å². The summed E-state index contributed by atoms with van der Waals surface area (Å²) >= 11 is 0. The molecule has 2 heterocycles. The number of rotatable bonds is 3. The molecule has 6 nitrogen and oxygen atoms in total. The van der Waals surface area contributed by atoms with E-state index in [0.29, 0.717) is 18.2 Å². The maximum atomic E-state index is 11.0. The quantitative estimate of drug-likeness (QED) is 0.892. The average molecular weight is 265 g/mol. The first-order valence-corrected chi connectivity index (χ1v) is 6.55. The molecule has 0 spiro atoms. The third-order valence-electron chi connectivity index (χ3n) is 3.15. The van der Waals surface area contributed by atoms with Crippen molar-refractivity contribution in [1.29, 1.82) is 0 Å². The number of hydrogen-bond donors (Lipinski definition) is 1. The van der Waals surface area contributed by atoms with Crippen LogP contribution in [0.2, 0.25) is 0 Å². The van der Waals surface area contributed by atoms with Gasteiger partial charge >= 0.3 is 5.97 Å². The number of ether oxygens (including phenoxy) is 1. The summed E-state index contributed by atoms with van der Waals surface area (Å²) in [6, 6.07) is 1.48. The van der Waals surface area contributed by atoms with Crippen molar-refractivity contribution in [3.63, 3.8) is 0 Å². The van der Waals surface area contributed by atoms with Crippen LogP contribution >= 0.6 is 0 Å². The van der Waals surface area contributed by atoms with E-state index >= 15 is 0 Å². The maximum Gasteiger partial charge on any atom is 0.354 e. The summed E-state index contributed by atoms with van der Waals surface area (Å²) in [7, 11) is 0. The fourth-order valence-electron chi connectivity index (χ4n) is 2.13. The number of carbonyl (C=O) groups is 1. The van der Waals surface area contributed by atoms with Gasteiger partial charge in [0, 0.05) is 25.4 Å². The highest BCUT2D eigenvalue weighted by molar-refractivity contribution is 5.85. The lowest BCUT2D eigenvalue weighted by Gasteiger charge is -2.23. The third-order valence-corrected chi connectivity index (χ3v) is 3.15. The van der Waals surface area contributed by atoms with E-state index in [2.05, 4.69) is 16.9 Å². The Morgan fingerprint density at radius 2 is 2.37 bits per heavy atom. The summed E-state index contributed by atoms with van der Waals surface area (Å²) in [5.74, 6) is -0.536. The highest BCUT2D eigenvalue weighted by Gasteiger charge is 2.20. The van der Waals surface area contributed by atoms with Gasteiger partial charge in [0.1, 0.15) is 0 Å². The van der Waals surface area contributed by atoms with E-state index in [0.717, 1.165) is 26.0 Å². The molecule has 0 aliphatic carbocycles. The van der Waals surface area contributed by atoms with Crippen LogP contribution in [-0.4, -0.2) is 46.8 Å². The molecular formula is C13H19N3O3. The van der Waals surface area contributed by atoms with E-state index in [-0.39, 0.29) is 11.8 Å². The molecule has 1 fully saturated rings. The van der Waals surface area contributed by atoms with Crippen LogP contribution in [0.3, 0.4) is 0 Å². The van der Waals surface area contributed by atoms with E-state index in [9.17, 15) is 4.79 Å². The van der Waals surface area contributed by atoms with Gasteiger partial charge in [0.25, 0.3) is 0 Å². The number of carboxylic acids is 1. The van der Waals surface area contributed by atoms with Gasteiger partial charge < -0.3 is 14.7 Å². The van der Waals surface area contributed by atoms with E-state index in [4.69, 9.17) is 9.84 Å². The van der Waals surface area contributed by atoms with E-state index < -0.39 is 5.97 Å². The van der Waals surface area contributed by atoms with E-state index in [1.807, 2.05) is 4.90 Å². The predicted molar refractivity (Wildman–Crippen MR) is 70.6 cm³/mol. The van der Waals surface area contributed by atoms with Gasteiger partial charge in [-0.05, 0) is 25.8 Å². The van der Waals surface area contributed by atoms with Gasteiger partial charge in [-0.25, -0.2) is 14.8 Å². The number of nitrogens with zero attached hydrogens (tertiary/aromatic N) is 3. The molecular weight excluding hydrogens is 246 g/mol. The zero-order valence-corrected chi connectivity index (χ0v) is 11.3. The van der Waals surface area contributed by atoms with Crippen LogP contribution in [-0.2, 0) is 4.74 Å². The van der Waals surface area contributed by atoms with E-state index in [1.165, 1.54) is 6.07 Å². The van der Waals surface area contributed by atoms with Gasteiger partial charge in [0.05, 0.1) is 6.10 Å². The molecule has 1 aromatic rings. The second-order valence-corrected chi connectivity index (χ2v) is 4.70. The Kier molecular flexibility index (Phi) is 4.31. The SMILES string of the molecule is CCC1CN(c2nc(C)cc(C(=O)O)n2)CCCO1. The summed E-state index contributed by atoms with van der Waals surface area (Å²) in [6.07, 6.45) is 1.98. The van der Waals surface area contributed by atoms with Gasteiger partial charge in [-0.2, -0.15) is 0 Å². The lowest BCUT2D eigenvalue weighted by atomic mass is 10.2. The summed E-state index contributed by atoms with van der Waals surface area (Å²) in [4.78, 5) is 21.5. The first kappa shape index (κ1) is 13.7. The van der Waals surface area contributed by atoms with Crippen molar-refractivity contribution >= 4 is 11.9 Å². The van der Waals surface area contributed by atoms with Gasteiger partial charge in [0.15, 0.2) is 5.69 Å². The topological polar surface area (TPSA) is 75.6 Å². The molecule has 1 saturated heterocycles. The number of aryl methyl sites for hydroxylation is 1. The number of aromatic nitrogens is 2. The predicted octanol–water partition coefficient (Wildman–Crippen LogP) is 1.49. The summed E-state index contributed by atoms with van der Waals surface area (Å²) in [5.41, 5.74) is 0.710. The Bertz CT molecular complexity index is 464. The second kappa shape index (κ2) is 5.97. The molecule has 1 aliphatic heterocycles. The Balaban J connectivity index is 2.26. The molecule has 1 atom stereocenters. The van der Waals surface area contributed by atoms with Crippen molar-refractivity contribution in [2.24, 2.45) is 0 Å². The van der Waals surface area contributed by atoms with Gasteiger partial charge in [-0.1, -0.05) is 6.92 Å². The highest BCUT2D eigenvalue weighted by atomic mass is 16.5. The summed E-state index contributed by atoms with van der Waals surface area (Å²) in [5, 5.41) is 9.05. The smallest absolute Gasteiger partial charge is 0.354 e. The molecule has 0 aromatic carbocycles. The van der Waals surface area contributed by atoms with Crippen LogP contribution in [0, 0.1) is 6.92 Å². The largest absolute Gasteiger partial charge is 0.477 e. The minimum absolute atomic E-state index is 0.0423. The maximum absolute atomic E-state index is 11.0. The van der Waals surface area contributed by atoms with Crippen molar-refractivity contribution in [3.05, 3.63) is 17.5 Å². The molecule has 104 valence electrons. The fourth-order valence-corrected chi connectivity index (χ4v) is 2.13. The Morgan fingerprint density at radius 1 is 1.58 bits per heavy atom. The number of hydrogen-bond acceptors (Lipinski definition) is 5. The van der Waals surface area contributed by atoms with Crippen LogP contribution in [0.25, 0.3) is 0 Å². The molecule has 2 rings (SSSR count). The molecule has 0 amide bonds. The monoisotopic (exact) mass is 265 g/mol.